The molecule has 144 valence electrons. The van der Waals surface area contributed by atoms with E-state index in [-0.39, 0.29) is 12.2 Å². The van der Waals surface area contributed by atoms with E-state index < -0.39 is 5.60 Å². The van der Waals surface area contributed by atoms with Crippen LogP contribution in [-0.2, 0) is 4.74 Å². The van der Waals surface area contributed by atoms with E-state index in [1.54, 1.807) is 0 Å². The van der Waals surface area contributed by atoms with E-state index in [2.05, 4.69) is 28.9 Å². The Morgan fingerprint density at radius 2 is 1.92 bits per heavy atom. The lowest BCUT2D eigenvalue weighted by atomic mass is 9.77. The summed E-state index contributed by atoms with van der Waals surface area (Å²) in [6.07, 6.45) is 5.55. The van der Waals surface area contributed by atoms with Crippen LogP contribution in [0.5, 0.6) is 5.75 Å². The number of amides is 1. The van der Waals surface area contributed by atoms with E-state index >= 15 is 0 Å². The van der Waals surface area contributed by atoms with Gasteiger partial charge in [0.1, 0.15) is 11.4 Å². The molecule has 0 aromatic heterocycles. The zero-order valence-corrected chi connectivity index (χ0v) is 17.9. The number of hydrogen-bond donors (Lipinski definition) is 0. The van der Waals surface area contributed by atoms with Crippen LogP contribution in [0.15, 0.2) is 22.7 Å². The van der Waals surface area contributed by atoms with Crippen molar-refractivity contribution in [3.8, 4) is 5.75 Å². The number of piperidine rings is 1. The molecule has 1 amide bonds. The van der Waals surface area contributed by atoms with Crippen LogP contribution >= 0.6 is 15.9 Å². The number of benzene rings is 1. The minimum Gasteiger partial charge on any atom is -0.490 e. The van der Waals surface area contributed by atoms with E-state index in [0.717, 1.165) is 54.6 Å². The molecule has 2 fully saturated rings. The summed E-state index contributed by atoms with van der Waals surface area (Å²) < 4.78 is 12.9. The maximum Gasteiger partial charge on any atom is 0.410 e. The van der Waals surface area contributed by atoms with Gasteiger partial charge in [-0.05, 0) is 77.3 Å². The van der Waals surface area contributed by atoms with Crippen LogP contribution in [0.4, 0.5) is 4.79 Å². The Morgan fingerprint density at radius 1 is 1.23 bits per heavy atom. The molecular formula is C21H30BrNO3. The molecule has 1 heterocycles. The summed E-state index contributed by atoms with van der Waals surface area (Å²) in [5, 5.41) is 0. The Labute approximate surface area is 165 Å². The van der Waals surface area contributed by atoms with Crippen molar-refractivity contribution in [3.05, 3.63) is 28.2 Å². The third kappa shape index (κ3) is 4.54. The van der Waals surface area contributed by atoms with Gasteiger partial charge in [0.2, 0.25) is 0 Å². The number of ether oxygens (including phenoxy) is 2. The molecule has 5 heteroatoms. The van der Waals surface area contributed by atoms with E-state index in [1.807, 2.05) is 37.8 Å². The molecule has 1 spiro atoms. The van der Waals surface area contributed by atoms with Crippen LogP contribution in [0, 0.1) is 12.3 Å². The average molecular weight is 424 g/mol. The average Bonchev–Trinajstić information content (AvgIpc) is 2.93. The number of likely N-dealkylation sites (tertiary alicyclic amines) is 1. The fraction of sp³-hybridized carbons (Fsp3) is 0.667. The van der Waals surface area contributed by atoms with Gasteiger partial charge in [-0.25, -0.2) is 4.79 Å². The third-order valence-corrected chi connectivity index (χ3v) is 6.50. The zero-order chi connectivity index (χ0) is 18.9. The van der Waals surface area contributed by atoms with Gasteiger partial charge in [0.05, 0.1) is 6.10 Å². The molecule has 1 aliphatic heterocycles. The number of hydrogen-bond acceptors (Lipinski definition) is 3. The number of carbonyl (C=O) groups excluding carboxylic acids is 1. The SMILES string of the molecule is Cc1c(Br)cccc1O[C@@H]1CCC2(CCN(C(=O)OC(C)(C)C)CC2)C1. The molecule has 1 saturated carbocycles. The second-order valence-electron chi connectivity index (χ2n) is 8.81. The Morgan fingerprint density at radius 3 is 2.58 bits per heavy atom. The largest absolute Gasteiger partial charge is 0.490 e. The van der Waals surface area contributed by atoms with Gasteiger partial charge in [-0.15, -0.1) is 0 Å². The monoisotopic (exact) mass is 423 g/mol. The van der Waals surface area contributed by atoms with E-state index in [4.69, 9.17) is 9.47 Å². The quantitative estimate of drug-likeness (QED) is 0.611. The first-order chi connectivity index (χ1) is 12.2. The molecular weight excluding hydrogens is 394 g/mol. The first-order valence-electron chi connectivity index (χ1n) is 9.57. The Kier molecular flexibility index (Phi) is 5.57. The van der Waals surface area contributed by atoms with Crippen LogP contribution in [0.2, 0.25) is 0 Å². The molecule has 3 rings (SSSR count). The molecule has 26 heavy (non-hydrogen) atoms. The van der Waals surface area contributed by atoms with Crippen LogP contribution < -0.4 is 4.74 Å². The second kappa shape index (κ2) is 7.41. The highest BCUT2D eigenvalue weighted by atomic mass is 79.9. The van der Waals surface area contributed by atoms with Crippen LogP contribution in [0.1, 0.15) is 58.4 Å². The van der Waals surface area contributed by atoms with Crippen molar-refractivity contribution in [2.45, 2.75) is 71.5 Å². The zero-order valence-electron chi connectivity index (χ0n) is 16.3. The standard InChI is InChI=1S/C21H30BrNO3/c1-15-17(22)6-5-7-18(15)25-16-8-9-21(14-16)10-12-23(13-11-21)19(24)26-20(2,3)4/h5-7,16H,8-14H2,1-4H3/t16-/m1/s1. The minimum absolute atomic E-state index is 0.178. The minimum atomic E-state index is -0.430. The van der Waals surface area contributed by atoms with E-state index in [9.17, 15) is 4.79 Å². The number of rotatable bonds is 2. The van der Waals surface area contributed by atoms with Crippen LogP contribution in [0.25, 0.3) is 0 Å². The fourth-order valence-corrected chi connectivity index (χ4v) is 4.44. The van der Waals surface area contributed by atoms with Crippen molar-refractivity contribution in [2.75, 3.05) is 13.1 Å². The van der Waals surface area contributed by atoms with Gasteiger partial charge in [-0.3, -0.25) is 0 Å². The number of nitrogens with zero attached hydrogens (tertiary/aromatic N) is 1. The van der Waals surface area contributed by atoms with Gasteiger partial charge in [0.15, 0.2) is 0 Å². The molecule has 0 radical (unpaired) electrons. The smallest absolute Gasteiger partial charge is 0.410 e. The molecule has 1 saturated heterocycles. The second-order valence-corrected chi connectivity index (χ2v) is 9.67. The van der Waals surface area contributed by atoms with Crippen molar-refractivity contribution in [1.82, 2.24) is 4.90 Å². The summed E-state index contributed by atoms with van der Waals surface area (Å²) in [7, 11) is 0. The number of carbonyl (C=O) groups is 1. The van der Waals surface area contributed by atoms with Gasteiger partial charge >= 0.3 is 6.09 Å². The van der Waals surface area contributed by atoms with Crippen LogP contribution in [-0.4, -0.2) is 35.8 Å². The molecule has 1 atom stereocenters. The summed E-state index contributed by atoms with van der Waals surface area (Å²) in [5.74, 6) is 0.979. The van der Waals surface area contributed by atoms with Crippen molar-refractivity contribution < 1.29 is 14.3 Å². The summed E-state index contributed by atoms with van der Waals surface area (Å²) in [6, 6.07) is 6.12. The number of halogens is 1. The van der Waals surface area contributed by atoms with Gasteiger partial charge in [-0.1, -0.05) is 22.0 Å². The van der Waals surface area contributed by atoms with E-state index in [1.165, 1.54) is 6.42 Å². The molecule has 2 aliphatic rings. The van der Waals surface area contributed by atoms with Gasteiger partial charge in [-0.2, -0.15) is 0 Å². The van der Waals surface area contributed by atoms with Crippen molar-refractivity contribution in [3.63, 3.8) is 0 Å². The van der Waals surface area contributed by atoms with Gasteiger partial charge < -0.3 is 14.4 Å². The highest BCUT2D eigenvalue weighted by Gasteiger charge is 2.43. The molecule has 0 bridgehead atoms. The third-order valence-electron chi connectivity index (χ3n) is 5.64. The van der Waals surface area contributed by atoms with Gasteiger partial charge in [0, 0.05) is 23.1 Å². The summed E-state index contributed by atoms with van der Waals surface area (Å²) in [4.78, 5) is 14.1. The molecule has 0 N–H and O–H groups in total. The summed E-state index contributed by atoms with van der Waals surface area (Å²) >= 11 is 3.58. The van der Waals surface area contributed by atoms with Crippen molar-refractivity contribution in [1.29, 1.82) is 0 Å². The Hall–Kier alpha value is -1.23. The lowest BCUT2D eigenvalue weighted by Gasteiger charge is -2.39. The van der Waals surface area contributed by atoms with Gasteiger partial charge in [0.25, 0.3) is 0 Å². The lowest BCUT2D eigenvalue weighted by molar-refractivity contribution is 0.00956. The first kappa shape index (κ1) is 19.5. The van der Waals surface area contributed by atoms with E-state index in [0.29, 0.717) is 5.41 Å². The predicted octanol–water partition coefficient (Wildman–Crippen LogP) is 5.71. The molecule has 0 unspecified atom stereocenters. The highest BCUT2D eigenvalue weighted by Crippen LogP contribution is 2.47. The maximum absolute atomic E-state index is 12.3. The normalized spacial score (nSPS) is 22.5. The fourth-order valence-electron chi connectivity index (χ4n) is 4.09. The predicted molar refractivity (Wildman–Crippen MR) is 107 cm³/mol. The molecule has 1 aromatic rings. The topological polar surface area (TPSA) is 38.8 Å². The first-order valence-corrected chi connectivity index (χ1v) is 10.4. The molecule has 4 nitrogen and oxygen atoms in total. The van der Waals surface area contributed by atoms with Crippen molar-refractivity contribution >= 4 is 22.0 Å². The highest BCUT2D eigenvalue weighted by molar-refractivity contribution is 9.10. The maximum atomic E-state index is 12.3. The Bertz CT molecular complexity index is 660. The summed E-state index contributed by atoms with van der Waals surface area (Å²) in [6.45, 7) is 9.41. The molecule has 1 aromatic carbocycles. The van der Waals surface area contributed by atoms with Crippen molar-refractivity contribution in [2.24, 2.45) is 5.41 Å². The molecule has 1 aliphatic carbocycles. The summed E-state index contributed by atoms with van der Waals surface area (Å²) in [5.41, 5.74) is 1.05. The van der Waals surface area contributed by atoms with Crippen LogP contribution in [0.3, 0.4) is 0 Å². The Balaban J connectivity index is 1.54. The lowest BCUT2D eigenvalue weighted by Crippen LogP contribution is -2.44.